The molecule has 0 atom stereocenters. The molecule has 0 unspecified atom stereocenters. The van der Waals surface area contributed by atoms with Gasteiger partial charge in [-0.25, -0.2) is 0 Å². The molecule has 0 aliphatic rings. The molecule has 26 aromatic rings. The summed E-state index contributed by atoms with van der Waals surface area (Å²) in [5.74, 6) is 0. The maximum Gasteiger partial charge on any atom is 0.179 e. The van der Waals surface area contributed by atoms with Gasteiger partial charge in [-0.3, -0.25) is 0 Å². The zero-order valence-electron chi connectivity index (χ0n) is 80.5. The van der Waals surface area contributed by atoms with Crippen LogP contribution in [0.15, 0.2) is 607 Å². The van der Waals surface area contributed by atoms with Crippen molar-refractivity contribution < 1.29 is 0 Å². The van der Waals surface area contributed by atoms with E-state index in [9.17, 15) is 0 Å². The molecule has 0 bridgehead atoms. The first-order chi connectivity index (χ1) is 72.4. The molecule has 4 nitrogen and oxygen atoms in total. The number of rotatable bonds is 22. The minimum absolute atomic E-state index is 1.09. The molecule has 146 heavy (non-hydrogen) atoms. The van der Waals surface area contributed by atoms with Crippen LogP contribution in [0.25, 0.3) is 143 Å². The van der Waals surface area contributed by atoms with Crippen LogP contribution in [-0.2, 0) is 0 Å². The lowest BCUT2D eigenvalue weighted by Gasteiger charge is -2.35. The summed E-state index contributed by atoms with van der Waals surface area (Å²) in [5, 5.41) is 20.8. The summed E-state index contributed by atoms with van der Waals surface area (Å²) in [5.41, 5.74) is 28.0. The van der Waals surface area contributed by atoms with Gasteiger partial charge in [-0.1, -0.05) is 479 Å². The second-order valence-corrected chi connectivity index (χ2v) is 45.3. The van der Waals surface area contributed by atoms with E-state index in [4.69, 9.17) is 0 Å². The summed E-state index contributed by atoms with van der Waals surface area (Å²) in [6, 6.07) is 223. The molecule has 0 amide bonds. The highest BCUT2D eigenvalue weighted by molar-refractivity contribution is 7.20. The van der Waals surface area contributed by atoms with Crippen LogP contribution >= 0.6 is 0 Å². The Morgan fingerprint density at radius 2 is 0.397 bits per heavy atom. The van der Waals surface area contributed by atoms with Gasteiger partial charge in [0.1, 0.15) is 0 Å². The number of aromatic nitrogens is 2. The third kappa shape index (κ3) is 16.4. The van der Waals surface area contributed by atoms with Crippen LogP contribution in [0, 0.1) is 0 Å². The SMILES string of the molecule is c1ccc(-n2c3ccccc3c3c(-c4ccc(-c5ccc(N(c6ccc([Si](c7ccccc7)(c7ccccc7)c7ccccc7)cc6)c6cccc(-c7ccc8ccccc8c7)c6)cc5)cc4)cccc32)cc1.c1ccc(-n2c3ccccc3c3c(-c4ccc(-c5ccc(N(c6ccc([Si](c7ccccc7)(c7ccccc7)c7ccccc7)cc6)c6cccc(-c7cccc8ccccc78)c6)cc5)cc4)cccc32)cc1. The van der Waals surface area contributed by atoms with Crippen LogP contribution in [0.5, 0.6) is 0 Å². The Morgan fingerprint density at radius 1 is 0.137 bits per heavy atom. The van der Waals surface area contributed by atoms with E-state index in [1.807, 2.05) is 0 Å². The van der Waals surface area contributed by atoms with Gasteiger partial charge in [0.2, 0.25) is 0 Å². The molecule has 0 saturated carbocycles. The number of benzene rings is 24. The molecule has 0 spiro atoms. The number of nitrogens with zero attached hydrogens (tertiary/aromatic N) is 4. The number of anilines is 6. The van der Waals surface area contributed by atoms with E-state index < -0.39 is 16.1 Å². The van der Waals surface area contributed by atoms with Crippen molar-refractivity contribution in [3.63, 3.8) is 0 Å². The molecule has 0 aliphatic carbocycles. The number of hydrogen-bond acceptors (Lipinski definition) is 2. The van der Waals surface area contributed by atoms with Crippen LogP contribution in [0.1, 0.15) is 0 Å². The van der Waals surface area contributed by atoms with E-state index in [2.05, 4.69) is 626 Å². The first-order valence-corrected chi connectivity index (χ1v) is 54.3. The lowest BCUT2D eigenvalue weighted by Crippen LogP contribution is -2.74. The van der Waals surface area contributed by atoms with Crippen molar-refractivity contribution in [3.05, 3.63) is 607 Å². The van der Waals surface area contributed by atoms with Crippen molar-refractivity contribution in [2.45, 2.75) is 0 Å². The molecule has 0 N–H and O–H groups in total. The van der Waals surface area contributed by atoms with Crippen LogP contribution in [0.3, 0.4) is 0 Å². The summed E-state index contributed by atoms with van der Waals surface area (Å²) in [4.78, 5) is 4.82. The standard InChI is InChI=1S/2C70H50N2Si/c1-5-23-56(24-6-1)72-68-36-16-15-33-67(68)70-66(35-19-37-69(70)72)54-40-38-51(39-41-54)52-42-44-57(45-43-52)71(59-25-17-22-55(50-59)65-34-18-21-53-20-13-14-32-64(53)65)58-46-48-63(49-47-58)73(60-26-7-2-8-27-60,61-28-9-3-10-29-61)62-30-11-4-12-31-62;1-5-22-58(23-6-1)72-68-33-16-15-31-67(68)70-66(32-18-34-69(70)72)54-38-35-52(36-39-54)53-41-43-59(44-42-53)71(61-24-17-21-56(50-61)57-40-37-51-19-13-14-20-55(51)49-57)60-45-47-65(48-46-60)73(62-25-7-2-8-26-62,63-27-9-3-10-28-63)64-29-11-4-12-30-64/h2*1-50H. The average Bonchev–Trinajstić information content (AvgIpc) is 1.06. The molecule has 2 aromatic heterocycles. The van der Waals surface area contributed by atoms with E-state index in [-0.39, 0.29) is 0 Å². The summed E-state index contributed by atoms with van der Waals surface area (Å²) in [6.45, 7) is 0. The normalized spacial score (nSPS) is 11.6. The third-order valence-corrected chi connectivity index (χ3v) is 39.1. The number of hydrogen-bond donors (Lipinski definition) is 0. The van der Waals surface area contributed by atoms with Gasteiger partial charge in [-0.15, -0.1) is 0 Å². The summed E-state index contributed by atoms with van der Waals surface area (Å²) < 4.78 is 4.77. The average molecular weight is 1890 g/mol. The van der Waals surface area contributed by atoms with Crippen molar-refractivity contribution in [2.75, 3.05) is 9.80 Å². The van der Waals surface area contributed by atoms with Crippen LogP contribution in [0.2, 0.25) is 0 Å². The number of para-hydroxylation sites is 4. The smallest absolute Gasteiger partial charge is 0.179 e. The fourth-order valence-electron chi connectivity index (χ4n) is 22.7. The minimum Gasteiger partial charge on any atom is -0.310 e. The fraction of sp³-hybridized carbons (Fsp3) is 0. The van der Waals surface area contributed by atoms with Gasteiger partial charge in [0.05, 0.1) is 22.1 Å². The van der Waals surface area contributed by atoms with E-state index in [1.54, 1.807) is 0 Å². The van der Waals surface area contributed by atoms with Gasteiger partial charge in [0.25, 0.3) is 0 Å². The van der Waals surface area contributed by atoms with Gasteiger partial charge in [-0.2, -0.15) is 0 Å². The zero-order valence-corrected chi connectivity index (χ0v) is 82.5. The van der Waals surface area contributed by atoms with Crippen LogP contribution in [-0.4, -0.2) is 25.3 Å². The summed E-state index contributed by atoms with van der Waals surface area (Å²) in [6.07, 6.45) is 0. The molecule has 0 saturated heterocycles. The highest BCUT2D eigenvalue weighted by atomic mass is 28.3. The summed E-state index contributed by atoms with van der Waals surface area (Å²) >= 11 is 0. The van der Waals surface area contributed by atoms with Gasteiger partial charge < -0.3 is 18.9 Å². The molecule has 6 heteroatoms. The van der Waals surface area contributed by atoms with Gasteiger partial charge in [0.15, 0.2) is 16.1 Å². The zero-order chi connectivity index (χ0) is 97.1. The van der Waals surface area contributed by atoms with Crippen molar-refractivity contribution >= 4 is 157 Å². The second-order valence-electron chi connectivity index (χ2n) is 37.7. The predicted molar refractivity (Wildman–Crippen MR) is 626 cm³/mol. The monoisotopic (exact) mass is 1890 g/mol. The molecule has 24 aromatic carbocycles. The van der Waals surface area contributed by atoms with Crippen molar-refractivity contribution in [3.8, 4) is 78.1 Å². The Bertz CT molecular complexity index is 8940. The molecule has 2 heterocycles. The van der Waals surface area contributed by atoms with Crippen LogP contribution in [0.4, 0.5) is 34.1 Å². The van der Waals surface area contributed by atoms with Crippen molar-refractivity contribution in [1.82, 2.24) is 9.13 Å². The Kier molecular flexibility index (Phi) is 23.8. The van der Waals surface area contributed by atoms with E-state index in [0.29, 0.717) is 0 Å². The Hall–Kier alpha value is -18.6. The second kappa shape index (κ2) is 39.1. The molecule has 0 fully saturated rings. The van der Waals surface area contributed by atoms with E-state index in [1.165, 1.54) is 173 Å². The highest BCUT2D eigenvalue weighted by Crippen LogP contribution is 2.46. The Morgan fingerprint density at radius 3 is 0.795 bits per heavy atom. The van der Waals surface area contributed by atoms with Gasteiger partial charge in [0, 0.05) is 67.0 Å². The molecular weight excluding hydrogens is 1790 g/mol. The highest BCUT2D eigenvalue weighted by Gasteiger charge is 2.43. The lowest BCUT2D eigenvalue weighted by molar-refractivity contribution is 1.18. The summed E-state index contributed by atoms with van der Waals surface area (Å²) in [7, 11) is -5.45. The minimum atomic E-state index is -2.73. The topological polar surface area (TPSA) is 16.3 Å². The van der Waals surface area contributed by atoms with E-state index in [0.717, 1.165) is 45.5 Å². The molecule has 688 valence electrons. The van der Waals surface area contributed by atoms with Crippen molar-refractivity contribution in [1.29, 1.82) is 0 Å². The van der Waals surface area contributed by atoms with Gasteiger partial charge in [-0.05, 0) is 257 Å². The Balaban J connectivity index is 0.000000152. The van der Waals surface area contributed by atoms with Crippen molar-refractivity contribution in [2.24, 2.45) is 0 Å². The fourth-order valence-corrected chi connectivity index (χ4v) is 32.2. The first kappa shape index (κ1) is 88.8. The maximum absolute atomic E-state index is 2.73. The maximum atomic E-state index is 2.41. The molecule has 0 aliphatic heterocycles. The van der Waals surface area contributed by atoms with E-state index >= 15 is 0 Å². The molecule has 26 rings (SSSR count). The van der Waals surface area contributed by atoms with Crippen LogP contribution < -0.4 is 51.3 Å². The van der Waals surface area contributed by atoms with Gasteiger partial charge >= 0.3 is 0 Å². The largest absolute Gasteiger partial charge is 0.310 e. The molecular formula is C140H100N4Si2. The quantitative estimate of drug-likeness (QED) is 0.0497. The molecule has 0 radical (unpaired) electrons. The predicted octanol–water partition coefficient (Wildman–Crippen LogP) is 31.6. The Labute approximate surface area is 854 Å². The number of fused-ring (bicyclic) bond motifs is 8. The lowest BCUT2D eigenvalue weighted by atomic mass is 9.96. The first-order valence-electron chi connectivity index (χ1n) is 50.3. The third-order valence-electron chi connectivity index (χ3n) is 29.5.